The third-order valence-corrected chi connectivity index (χ3v) is 2.37. The summed E-state index contributed by atoms with van der Waals surface area (Å²) in [4.78, 5) is 11.5. The number of carbonyl (C=O) groups is 1. The zero-order valence-corrected chi connectivity index (χ0v) is 10.3. The number of rotatable bonds is 4. The highest BCUT2D eigenvalue weighted by Gasteiger charge is 2.14. The Hall–Kier alpha value is -1.51. The summed E-state index contributed by atoms with van der Waals surface area (Å²) >= 11 is 0. The molecule has 0 unspecified atom stereocenters. The van der Waals surface area contributed by atoms with E-state index in [9.17, 15) is 4.79 Å². The molecule has 0 saturated carbocycles. The largest absolute Gasteiger partial charge is 0.481 e. The lowest BCUT2D eigenvalue weighted by molar-refractivity contribution is -0.127. The second-order valence-corrected chi connectivity index (χ2v) is 3.92. The predicted octanol–water partition coefficient (Wildman–Crippen LogP) is 2.21. The Balaban J connectivity index is 2.72. The Morgan fingerprint density at radius 2 is 2.12 bits per heavy atom. The van der Waals surface area contributed by atoms with Crippen LogP contribution in [0, 0.1) is 13.8 Å². The minimum Gasteiger partial charge on any atom is -0.481 e. The Morgan fingerprint density at radius 3 is 2.75 bits per heavy atom. The molecule has 0 aromatic heterocycles. The van der Waals surface area contributed by atoms with Crippen LogP contribution in [0.3, 0.4) is 0 Å². The number of benzene rings is 1. The summed E-state index contributed by atoms with van der Waals surface area (Å²) in [6.45, 7) is 8.25. The van der Waals surface area contributed by atoms with Crippen LogP contribution in [0.2, 0.25) is 0 Å². The van der Waals surface area contributed by atoms with E-state index >= 15 is 0 Å². The summed E-state index contributed by atoms with van der Waals surface area (Å²) in [7, 11) is 0. The molecule has 0 heterocycles. The molecule has 0 spiro atoms. The average molecular weight is 221 g/mol. The van der Waals surface area contributed by atoms with Gasteiger partial charge in [-0.05, 0) is 44.9 Å². The van der Waals surface area contributed by atoms with Crippen LogP contribution in [-0.4, -0.2) is 18.6 Å². The molecule has 1 atom stereocenters. The SMILES string of the molecule is CCNC(=O)[C@H](C)Oc1cc(C)ccc1C. The first-order valence-corrected chi connectivity index (χ1v) is 5.56. The van der Waals surface area contributed by atoms with E-state index in [1.54, 1.807) is 6.92 Å². The zero-order chi connectivity index (χ0) is 12.1. The molecule has 0 fully saturated rings. The minimum atomic E-state index is -0.458. The van der Waals surface area contributed by atoms with Gasteiger partial charge in [0.25, 0.3) is 5.91 Å². The van der Waals surface area contributed by atoms with Crippen LogP contribution in [0.25, 0.3) is 0 Å². The Labute approximate surface area is 96.8 Å². The number of aryl methyl sites for hydroxylation is 2. The molecule has 16 heavy (non-hydrogen) atoms. The minimum absolute atomic E-state index is 0.0802. The van der Waals surface area contributed by atoms with Crippen molar-refractivity contribution >= 4 is 5.91 Å². The number of nitrogens with one attached hydrogen (secondary N) is 1. The Kier molecular flexibility index (Phi) is 4.35. The summed E-state index contributed by atoms with van der Waals surface area (Å²) in [5.74, 6) is 0.696. The summed E-state index contributed by atoms with van der Waals surface area (Å²) in [5.41, 5.74) is 2.17. The zero-order valence-electron chi connectivity index (χ0n) is 10.3. The molecule has 1 amide bonds. The number of likely N-dealkylation sites (N-methyl/N-ethyl adjacent to an activating group) is 1. The second-order valence-electron chi connectivity index (χ2n) is 3.92. The van der Waals surface area contributed by atoms with Crippen LogP contribution in [0.15, 0.2) is 18.2 Å². The summed E-state index contributed by atoms with van der Waals surface area (Å²) in [5, 5.41) is 2.74. The third-order valence-electron chi connectivity index (χ3n) is 2.37. The highest BCUT2D eigenvalue weighted by molar-refractivity contribution is 5.80. The predicted molar refractivity (Wildman–Crippen MR) is 64.7 cm³/mol. The van der Waals surface area contributed by atoms with Crippen molar-refractivity contribution in [2.45, 2.75) is 33.8 Å². The molecule has 1 rings (SSSR count). The molecule has 1 aromatic carbocycles. The fourth-order valence-electron chi connectivity index (χ4n) is 1.40. The molecule has 88 valence electrons. The van der Waals surface area contributed by atoms with Crippen LogP contribution in [0.1, 0.15) is 25.0 Å². The van der Waals surface area contributed by atoms with Gasteiger partial charge < -0.3 is 10.1 Å². The van der Waals surface area contributed by atoms with Crippen molar-refractivity contribution in [1.82, 2.24) is 5.32 Å². The van der Waals surface area contributed by atoms with Crippen molar-refractivity contribution in [2.24, 2.45) is 0 Å². The molecule has 3 heteroatoms. The highest BCUT2D eigenvalue weighted by atomic mass is 16.5. The Morgan fingerprint density at radius 1 is 1.44 bits per heavy atom. The molecular weight excluding hydrogens is 202 g/mol. The van der Waals surface area contributed by atoms with Gasteiger partial charge in [0.1, 0.15) is 5.75 Å². The molecule has 3 nitrogen and oxygen atoms in total. The normalized spacial score (nSPS) is 12.0. The monoisotopic (exact) mass is 221 g/mol. The van der Waals surface area contributed by atoms with Gasteiger partial charge in [-0.3, -0.25) is 4.79 Å². The van der Waals surface area contributed by atoms with Crippen molar-refractivity contribution in [3.05, 3.63) is 29.3 Å². The maximum Gasteiger partial charge on any atom is 0.260 e. The van der Waals surface area contributed by atoms with Gasteiger partial charge in [-0.2, -0.15) is 0 Å². The first-order chi connectivity index (χ1) is 7.54. The van der Waals surface area contributed by atoms with E-state index < -0.39 is 6.10 Å². The van der Waals surface area contributed by atoms with E-state index in [1.165, 1.54) is 0 Å². The molecular formula is C13H19NO2. The van der Waals surface area contributed by atoms with Gasteiger partial charge in [0.15, 0.2) is 6.10 Å². The lowest BCUT2D eigenvalue weighted by Crippen LogP contribution is -2.36. The van der Waals surface area contributed by atoms with Gasteiger partial charge in [0.2, 0.25) is 0 Å². The molecule has 0 saturated heterocycles. The van der Waals surface area contributed by atoms with Crippen LogP contribution >= 0.6 is 0 Å². The number of hydrogen-bond acceptors (Lipinski definition) is 2. The van der Waals surface area contributed by atoms with E-state index in [0.29, 0.717) is 6.54 Å². The fourth-order valence-corrected chi connectivity index (χ4v) is 1.40. The smallest absolute Gasteiger partial charge is 0.260 e. The number of hydrogen-bond donors (Lipinski definition) is 1. The van der Waals surface area contributed by atoms with Gasteiger partial charge >= 0.3 is 0 Å². The highest BCUT2D eigenvalue weighted by Crippen LogP contribution is 2.20. The summed E-state index contributed by atoms with van der Waals surface area (Å²) in [6, 6.07) is 5.97. The van der Waals surface area contributed by atoms with Crippen molar-refractivity contribution < 1.29 is 9.53 Å². The first kappa shape index (κ1) is 12.6. The number of amides is 1. The molecule has 0 aliphatic carbocycles. The summed E-state index contributed by atoms with van der Waals surface area (Å²) in [6.07, 6.45) is -0.458. The lowest BCUT2D eigenvalue weighted by atomic mass is 10.1. The van der Waals surface area contributed by atoms with E-state index in [1.807, 2.05) is 39.0 Å². The van der Waals surface area contributed by atoms with Gasteiger partial charge in [0.05, 0.1) is 0 Å². The summed E-state index contributed by atoms with van der Waals surface area (Å²) < 4.78 is 5.63. The standard InChI is InChI=1S/C13H19NO2/c1-5-14-13(15)11(4)16-12-8-9(2)6-7-10(12)3/h6-8,11H,5H2,1-4H3,(H,14,15)/t11-/m0/s1. The van der Waals surface area contributed by atoms with Crippen LogP contribution in [0.4, 0.5) is 0 Å². The van der Waals surface area contributed by atoms with E-state index in [0.717, 1.165) is 16.9 Å². The van der Waals surface area contributed by atoms with E-state index in [-0.39, 0.29) is 5.91 Å². The van der Waals surface area contributed by atoms with Gasteiger partial charge in [-0.1, -0.05) is 12.1 Å². The van der Waals surface area contributed by atoms with Gasteiger partial charge in [0, 0.05) is 6.54 Å². The Bertz CT molecular complexity index is 374. The van der Waals surface area contributed by atoms with Crippen molar-refractivity contribution in [1.29, 1.82) is 0 Å². The molecule has 0 aliphatic rings. The molecule has 1 N–H and O–H groups in total. The van der Waals surface area contributed by atoms with Crippen LogP contribution in [-0.2, 0) is 4.79 Å². The van der Waals surface area contributed by atoms with E-state index in [4.69, 9.17) is 4.74 Å². The average Bonchev–Trinajstić information content (AvgIpc) is 2.23. The topological polar surface area (TPSA) is 38.3 Å². The maximum atomic E-state index is 11.5. The van der Waals surface area contributed by atoms with Gasteiger partial charge in [-0.15, -0.1) is 0 Å². The van der Waals surface area contributed by atoms with E-state index in [2.05, 4.69) is 5.32 Å². The van der Waals surface area contributed by atoms with Gasteiger partial charge in [-0.25, -0.2) is 0 Å². The lowest BCUT2D eigenvalue weighted by Gasteiger charge is -2.16. The molecule has 0 bridgehead atoms. The molecule has 1 aromatic rings. The van der Waals surface area contributed by atoms with Crippen LogP contribution < -0.4 is 10.1 Å². The van der Waals surface area contributed by atoms with Crippen molar-refractivity contribution in [2.75, 3.05) is 6.54 Å². The quantitative estimate of drug-likeness (QED) is 0.846. The second kappa shape index (κ2) is 5.54. The first-order valence-electron chi connectivity index (χ1n) is 5.56. The number of carbonyl (C=O) groups excluding carboxylic acids is 1. The fraction of sp³-hybridized carbons (Fsp3) is 0.462. The van der Waals surface area contributed by atoms with Crippen LogP contribution in [0.5, 0.6) is 5.75 Å². The molecule has 0 aliphatic heterocycles. The van der Waals surface area contributed by atoms with Crippen molar-refractivity contribution in [3.63, 3.8) is 0 Å². The molecule has 0 radical (unpaired) electrons. The third kappa shape index (κ3) is 3.26. The number of ether oxygens (including phenoxy) is 1. The maximum absolute atomic E-state index is 11.5. The van der Waals surface area contributed by atoms with Crippen molar-refractivity contribution in [3.8, 4) is 5.75 Å².